The van der Waals surface area contributed by atoms with Crippen LogP contribution in [-0.4, -0.2) is 5.97 Å². The summed E-state index contributed by atoms with van der Waals surface area (Å²) >= 11 is 0. The third-order valence-electron chi connectivity index (χ3n) is 3.80. The number of hydrogen-bond acceptors (Lipinski definition) is 3. The normalized spacial score (nSPS) is 10.7. The average Bonchev–Trinajstić information content (AvgIpc) is 2.51. The van der Waals surface area contributed by atoms with Crippen molar-refractivity contribution in [3.05, 3.63) is 12.2 Å². The van der Waals surface area contributed by atoms with Crippen LogP contribution in [0.15, 0.2) is 12.2 Å². The molecule has 0 aromatic heterocycles. The van der Waals surface area contributed by atoms with Gasteiger partial charge in [-0.2, -0.15) is 0 Å². The summed E-state index contributed by atoms with van der Waals surface area (Å²) in [5, 5.41) is 8.16. The van der Waals surface area contributed by atoms with Crippen molar-refractivity contribution < 1.29 is 9.53 Å². The van der Waals surface area contributed by atoms with E-state index in [1.54, 1.807) is 0 Å². The molecule has 126 valence electrons. The van der Waals surface area contributed by atoms with Gasteiger partial charge in [-0.25, -0.2) is 0 Å². The second-order valence-electron chi connectivity index (χ2n) is 5.90. The van der Waals surface area contributed by atoms with Crippen LogP contribution in [0.1, 0.15) is 96.8 Å². The predicted octanol–water partition coefficient (Wildman–Crippen LogP) is 6.05. The number of allylic oxidation sites excluding steroid dienone is 2. The Morgan fingerprint density at radius 2 is 1.36 bits per heavy atom. The molecular formula is C19H33NO2. The summed E-state index contributed by atoms with van der Waals surface area (Å²) in [4.78, 5) is 10.9. The molecule has 0 heterocycles. The third-order valence-corrected chi connectivity index (χ3v) is 3.80. The van der Waals surface area contributed by atoms with E-state index in [-0.39, 0.29) is 0 Å². The van der Waals surface area contributed by atoms with Crippen molar-refractivity contribution >= 4 is 5.97 Å². The molecule has 0 unspecified atom stereocenters. The Kier molecular flexibility index (Phi) is 16.7. The molecule has 0 saturated heterocycles. The summed E-state index contributed by atoms with van der Waals surface area (Å²) in [6, 6.07) is 0. The van der Waals surface area contributed by atoms with Gasteiger partial charge in [0.25, 0.3) is 6.26 Å². The van der Waals surface area contributed by atoms with Gasteiger partial charge in [0.05, 0.1) is 0 Å². The third kappa shape index (κ3) is 16.8. The topological polar surface area (TPSA) is 50.1 Å². The molecular weight excluding hydrogens is 274 g/mol. The first-order chi connectivity index (χ1) is 10.8. The van der Waals surface area contributed by atoms with Crippen molar-refractivity contribution in [2.75, 3.05) is 0 Å². The number of hydrogen-bond donors (Lipinski definition) is 0. The molecule has 0 atom stereocenters. The second-order valence-corrected chi connectivity index (χ2v) is 5.90. The molecule has 0 fully saturated rings. The fourth-order valence-electron chi connectivity index (χ4n) is 2.44. The number of nitrogens with zero attached hydrogens (tertiary/aromatic N) is 1. The summed E-state index contributed by atoms with van der Waals surface area (Å²) in [7, 11) is 0. The van der Waals surface area contributed by atoms with E-state index >= 15 is 0 Å². The van der Waals surface area contributed by atoms with Crippen LogP contribution in [0.5, 0.6) is 0 Å². The average molecular weight is 307 g/mol. The minimum Gasteiger partial charge on any atom is -0.351 e. The maximum absolute atomic E-state index is 10.9. The first kappa shape index (κ1) is 20.7. The minimum atomic E-state index is -0.403. The highest BCUT2D eigenvalue weighted by molar-refractivity contribution is 5.70. The van der Waals surface area contributed by atoms with Gasteiger partial charge in [-0.1, -0.05) is 70.4 Å². The van der Waals surface area contributed by atoms with Gasteiger partial charge in [0.15, 0.2) is 0 Å². The predicted molar refractivity (Wildman–Crippen MR) is 91.2 cm³/mol. The van der Waals surface area contributed by atoms with E-state index in [1.165, 1.54) is 70.5 Å². The van der Waals surface area contributed by atoms with Gasteiger partial charge in [0.1, 0.15) is 0 Å². The molecule has 0 saturated carbocycles. The number of ether oxygens (including phenoxy) is 1. The van der Waals surface area contributed by atoms with Crippen molar-refractivity contribution in [3.8, 4) is 6.26 Å². The van der Waals surface area contributed by atoms with Crippen molar-refractivity contribution in [2.24, 2.45) is 0 Å². The van der Waals surface area contributed by atoms with Crippen LogP contribution in [0.25, 0.3) is 0 Å². The van der Waals surface area contributed by atoms with Crippen molar-refractivity contribution in [1.82, 2.24) is 0 Å². The van der Waals surface area contributed by atoms with Gasteiger partial charge in [-0.15, -0.1) is 5.26 Å². The van der Waals surface area contributed by atoms with Crippen molar-refractivity contribution in [1.29, 1.82) is 5.26 Å². The van der Waals surface area contributed by atoms with E-state index in [9.17, 15) is 4.79 Å². The largest absolute Gasteiger partial charge is 0.351 e. The quantitative estimate of drug-likeness (QED) is 0.160. The van der Waals surface area contributed by atoms with Crippen LogP contribution < -0.4 is 0 Å². The number of esters is 1. The zero-order valence-corrected chi connectivity index (χ0v) is 14.3. The van der Waals surface area contributed by atoms with Crippen LogP contribution in [0.3, 0.4) is 0 Å². The fourth-order valence-corrected chi connectivity index (χ4v) is 2.44. The van der Waals surface area contributed by atoms with Gasteiger partial charge in [-0.3, -0.25) is 4.79 Å². The molecule has 3 nitrogen and oxygen atoms in total. The van der Waals surface area contributed by atoms with Crippen LogP contribution in [0, 0.1) is 11.5 Å². The lowest BCUT2D eigenvalue weighted by atomic mass is 10.1. The number of rotatable bonds is 15. The number of carbonyl (C=O) groups excluding carboxylic acids is 1. The molecule has 0 spiro atoms. The Morgan fingerprint density at radius 3 is 1.91 bits per heavy atom. The SMILES string of the molecule is CCCCCCCC/C=C\CCCCCCCC(=O)OC#N. The highest BCUT2D eigenvalue weighted by atomic mass is 16.5. The molecule has 0 aliphatic rings. The standard InChI is InChI=1S/C19H33NO2/c1-2-3-4-5-6-7-8-9-10-11-12-13-14-15-16-17-19(21)22-18-20/h9-10H,2-8,11-17H2,1H3/b10-9-. The molecule has 3 heteroatoms. The maximum Gasteiger partial charge on any atom is 0.321 e. The van der Waals surface area contributed by atoms with Gasteiger partial charge < -0.3 is 4.74 Å². The summed E-state index contributed by atoms with van der Waals surface area (Å²) < 4.78 is 4.22. The van der Waals surface area contributed by atoms with Crippen LogP contribution in [0.4, 0.5) is 0 Å². The lowest BCUT2D eigenvalue weighted by Gasteiger charge is -1.99. The van der Waals surface area contributed by atoms with Gasteiger partial charge in [0, 0.05) is 6.42 Å². The molecule has 0 N–H and O–H groups in total. The Hall–Kier alpha value is -1.30. The minimum absolute atomic E-state index is 0.367. The lowest BCUT2D eigenvalue weighted by Crippen LogP contribution is -1.98. The van der Waals surface area contributed by atoms with Gasteiger partial charge in [0.2, 0.25) is 0 Å². The van der Waals surface area contributed by atoms with Gasteiger partial charge in [-0.05, 0) is 32.1 Å². The molecule has 0 bridgehead atoms. The molecule has 0 amide bonds. The van der Waals surface area contributed by atoms with Gasteiger partial charge >= 0.3 is 5.97 Å². The zero-order chi connectivity index (χ0) is 16.3. The van der Waals surface area contributed by atoms with E-state index in [2.05, 4.69) is 23.8 Å². The van der Waals surface area contributed by atoms with E-state index in [0.717, 1.165) is 19.3 Å². The molecule has 0 aliphatic heterocycles. The van der Waals surface area contributed by atoms with Crippen molar-refractivity contribution in [3.63, 3.8) is 0 Å². The fraction of sp³-hybridized carbons (Fsp3) is 0.789. The van der Waals surface area contributed by atoms with Crippen molar-refractivity contribution in [2.45, 2.75) is 96.8 Å². The summed E-state index contributed by atoms with van der Waals surface area (Å²) in [5.74, 6) is -0.403. The summed E-state index contributed by atoms with van der Waals surface area (Å²) in [6.45, 7) is 2.26. The Balaban J connectivity index is 3.14. The lowest BCUT2D eigenvalue weighted by molar-refractivity contribution is -0.137. The molecule has 0 aromatic carbocycles. The van der Waals surface area contributed by atoms with Crippen LogP contribution >= 0.6 is 0 Å². The molecule has 22 heavy (non-hydrogen) atoms. The highest BCUT2D eigenvalue weighted by Crippen LogP contribution is 2.10. The first-order valence-electron chi connectivity index (χ1n) is 9.05. The highest BCUT2D eigenvalue weighted by Gasteiger charge is 2.01. The number of unbranched alkanes of at least 4 members (excludes halogenated alkanes) is 11. The van der Waals surface area contributed by atoms with Crippen LogP contribution in [0.2, 0.25) is 0 Å². The Bertz CT molecular complexity index is 318. The molecule has 0 aromatic rings. The maximum atomic E-state index is 10.9. The van der Waals surface area contributed by atoms with E-state index in [1.807, 2.05) is 0 Å². The summed E-state index contributed by atoms with van der Waals surface area (Å²) in [6.07, 6.45) is 22.5. The zero-order valence-electron chi connectivity index (χ0n) is 14.3. The molecule has 0 aliphatic carbocycles. The smallest absolute Gasteiger partial charge is 0.321 e. The molecule has 0 radical (unpaired) electrons. The van der Waals surface area contributed by atoms with E-state index < -0.39 is 5.97 Å². The first-order valence-corrected chi connectivity index (χ1v) is 9.05. The second kappa shape index (κ2) is 17.8. The van der Waals surface area contributed by atoms with E-state index in [4.69, 9.17) is 5.26 Å². The van der Waals surface area contributed by atoms with Crippen LogP contribution in [-0.2, 0) is 9.53 Å². The monoisotopic (exact) mass is 307 g/mol. The Morgan fingerprint density at radius 1 is 0.864 bits per heavy atom. The number of nitriles is 1. The summed E-state index contributed by atoms with van der Waals surface area (Å²) in [5.41, 5.74) is 0. The van der Waals surface area contributed by atoms with E-state index in [0.29, 0.717) is 6.42 Å². The molecule has 0 rings (SSSR count). The number of carbonyl (C=O) groups is 1. The Labute approximate surface area is 136 Å².